The summed E-state index contributed by atoms with van der Waals surface area (Å²) in [5.41, 5.74) is 2.95. The smallest absolute Gasteiger partial charge is 0.238 e. The third-order valence-corrected chi connectivity index (χ3v) is 4.36. The van der Waals surface area contributed by atoms with Crippen LogP contribution in [0.15, 0.2) is 40.9 Å². The molecule has 2 aromatic rings. The number of ether oxygens (including phenoxy) is 2. The van der Waals surface area contributed by atoms with Crippen molar-refractivity contribution in [2.75, 3.05) is 18.7 Å². The van der Waals surface area contributed by atoms with Crippen LogP contribution < -0.4 is 20.1 Å². The van der Waals surface area contributed by atoms with Gasteiger partial charge in [-0.2, -0.15) is 0 Å². The average Bonchev–Trinajstić information content (AvgIpc) is 2.98. The molecule has 0 aromatic heterocycles. The summed E-state index contributed by atoms with van der Waals surface area (Å²) in [5, 5.41) is 5.98. The molecule has 3 rings (SSSR count). The number of carbonyl (C=O) groups is 1. The fraction of sp³-hybridized carbons (Fsp3) is 0.235. The zero-order valence-corrected chi connectivity index (χ0v) is 14.3. The van der Waals surface area contributed by atoms with Crippen molar-refractivity contribution in [3.63, 3.8) is 0 Å². The fourth-order valence-corrected chi connectivity index (χ4v) is 2.63. The average molecular weight is 377 g/mol. The molecule has 1 aliphatic heterocycles. The van der Waals surface area contributed by atoms with Gasteiger partial charge >= 0.3 is 0 Å². The minimum atomic E-state index is -0.0819. The van der Waals surface area contributed by atoms with E-state index in [1.807, 2.05) is 43.3 Å². The molecule has 0 spiro atoms. The first-order valence-electron chi connectivity index (χ1n) is 7.27. The zero-order valence-electron chi connectivity index (χ0n) is 12.7. The number of benzene rings is 2. The molecule has 0 radical (unpaired) electrons. The number of halogens is 1. The van der Waals surface area contributed by atoms with Crippen LogP contribution in [0.4, 0.5) is 5.69 Å². The number of carbonyl (C=O) groups excluding carboxylic acids is 1. The van der Waals surface area contributed by atoms with Gasteiger partial charge in [0.1, 0.15) is 0 Å². The van der Waals surface area contributed by atoms with Gasteiger partial charge in [0.25, 0.3) is 0 Å². The van der Waals surface area contributed by atoms with E-state index >= 15 is 0 Å². The standard InChI is InChI=1S/C17H17BrN2O3/c1-11-2-4-13(7-14(11)18)20-17(21)9-19-8-12-3-5-15-16(6-12)23-10-22-15/h2-7,19H,8-10H2,1H3,(H,20,21). The molecular weight excluding hydrogens is 360 g/mol. The molecule has 1 heterocycles. The van der Waals surface area contributed by atoms with Crippen LogP contribution in [0.2, 0.25) is 0 Å². The van der Waals surface area contributed by atoms with Crippen LogP contribution in [0.1, 0.15) is 11.1 Å². The van der Waals surface area contributed by atoms with Gasteiger partial charge in [-0.25, -0.2) is 0 Å². The Kier molecular flexibility index (Phi) is 4.83. The summed E-state index contributed by atoms with van der Waals surface area (Å²) >= 11 is 3.45. The number of hydrogen-bond acceptors (Lipinski definition) is 4. The molecule has 120 valence electrons. The van der Waals surface area contributed by atoms with Crippen LogP contribution in [-0.4, -0.2) is 19.2 Å². The van der Waals surface area contributed by atoms with E-state index < -0.39 is 0 Å². The van der Waals surface area contributed by atoms with Crippen LogP contribution in [0, 0.1) is 6.92 Å². The van der Waals surface area contributed by atoms with Crippen LogP contribution >= 0.6 is 15.9 Å². The summed E-state index contributed by atoms with van der Waals surface area (Å²) in [4.78, 5) is 12.0. The van der Waals surface area contributed by atoms with Gasteiger partial charge in [0, 0.05) is 16.7 Å². The van der Waals surface area contributed by atoms with E-state index in [4.69, 9.17) is 9.47 Å². The van der Waals surface area contributed by atoms with E-state index in [0.717, 1.165) is 32.8 Å². The predicted octanol–water partition coefficient (Wildman–Crippen LogP) is 3.21. The van der Waals surface area contributed by atoms with Gasteiger partial charge < -0.3 is 20.1 Å². The molecule has 1 amide bonds. The second-order valence-electron chi connectivity index (χ2n) is 5.30. The van der Waals surface area contributed by atoms with Crippen LogP contribution in [0.3, 0.4) is 0 Å². The largest absolute Gasteiger partial charge is 0.454 e. The molecule has 0 saturated carbocycles. The molecule has 0 aliphatic carbocycles. The van der Waals surface area contributed by atoms with Crippen molar-refractivity contribution in [3.8, 4) is 11.5 Å². The molecule has 6 heteroatoms. The number of nitrogens with one attached hydrogen (secondary N) is 2. The Labute approximate surface area is 143 Å². The van der Waals surface area contributed by atoms with E-state index in [1.54, 1.807) is 0 Å². The van der Waals surface area contributed by atoms with Crippen LogP contribution in [0.5, 0.6) is 11.5 Å². The van der Waals surface area contributed by atoms with Gasteiger partial charge in [-0.1, -0.05) is 28.1 Å². The van der Waals surface area contributed by atoms with E-state index in [1.165, 1.54) is 0 Å². The maximum Gasteiger partial charge on any atom is 0.238 e. The van der Waals surface area contributed by atoms with Gasteiger partial charge in [0.2, 0.25) is 12.7 Å². The Balaban J connectivity index is 1.48. The molecule has 0 unspecified atom stereocenters. The Morgan fingerprint density at radius 2 is 2.00 bits per heavy atom. The highest BCUT2D eigenvalue weighted by Crippen LogP contribution is 2.32. The molecule has 5 nitrogen and oxygen atoms in total. The quantitative estimate of drug-likeness (QED) is 0.840. The lowest BCUT2D eigenvalue weighted by molar-refractivity contribution is -0.115. The second-order valence-corrected chi connectivity index (χ2v) is 6.16. The van der Waals surface area contributed by atoms with Gasteiger partial charge in [-0.05, 0) is 42.3 Å². The molecular formula is C17H17BrN2O3. The Morgan fingerprint density at radius 3 is 2.83 bits per heavy atom. The van der Waals surface area contributed by atoms with Crippen molar-refractivity contribution in [1.29, 1.82) is 0 Å². The number of aryl methyl sites for hydroxylation is 1. The van der Waals surface area contributed by atoms with E-state index in [0.29, 0.717) is 6.54 Å². The summed E-state index contributed by atoms with van der Waals surface area (Å²) in [6.07, 6.45) is 0. The fourth-order valence-electron chi connectivity index (χ4n) is 2.25. The highest BCUT2D eigenvalue weighted by molar-refractivity contribution is 9.10. The molecule has 2 N–H and O–H groups in total. The summed E-state index contributed by atoms with van der Waals surface area (Å²) in [7, 11) is 0. The maximum atomic E-state index is 12.0. The number of fused-ring (bicyclic) bond motifs is 1. The lowest BCUT2D eigenvalue weighted by atomic mass is 10.2. The molecule has 0 saturated heterocycles. The molecule has 1 aliphatic rings. The zero-order chi connectivity index (χ0) is 16.2. The highest BCUT2D eigenvalue weighted by Gasteiger charge is 2.13. The number of rotatable bonds is 5. The maximum absolute atomic E-state index is 12.0. The SMILES string of the molecule is Cc1ccc(NC(=O)CNCc2ccc3c(c2)OCO3)cc1Br. The van der Waals surface area contributed by atoms with Crippen molar-refractivity contribution < 1.29 is 14.3 Å². The summed E-state index contributed by atoms with van der Waals surface area (Å²) in [6.45, 7) is 3.09. The Bertz CT molecular complexity index is 734. The first kappa shape index (κ1) is 15.8. The first-order valence-corrected chi connectivity index (χ1v) is 8.06. The van der Waals surface area contributed by atoms with Gasteiger partial charge in [0.15, 0.2) is 11.5 Å². The van der Waals surface area contributed by atoms with Crippen LogP contribution in [-0.2, 0) is 11.3 Å². The van der Waals surface area contributed by atoms with Crippen molar-refractivity contribution in [1.82, 2.24) is 5.32 Å². The second kappa shape index (κ2) is 7.02. The van der Waals surface area contributed by atoms with Crippen molar-refractivity contribution in [2.24, 2.45) is 0 Å². The number of anilines is 1. The molecule has 0 bridgehead atoms. The predicted molar refractivity (Wildman–Crippen MR) is 91.8 cm³/mol. The van der Waals surface area contributed by atoms with Crippen LogP contribution in [0.25, 0.3) is 0 Å². The first-order chi connectivity index (χ1) is 11.1. The van der Waals surface area contributed by atoms with Crippen molar-refractivity contribution in [2.45, 2.75) is 13.5 Å². The van der Waals surface area contributed by atoms with E-state index in [2.05, 4.69) is 26.6 Å². The van der Waals surface area contributed by atoms with Gasteiger partial charge in [-0.3, -0.25) is 4.79 Å². The van der Waals surface area contributed by atoms with Crippen molar-refractivity contribution in [3.05, 3.63) is 52.0 Å². The normalized spacial score (nSPS) is 12.3. The number of amides is 1. The van der Waals surface area contributed by atoms with E-state index in [9.17, 15) is 4.79 Å². The minimum Gasteiger partial charge on any atom is -0.454 e. The summed E-state index contributed by atoms with van der Waals surface area (Å²) in [6, 6.07) is 11.5. The topological polar surface area (TPSA) is 59.6 Å². The third kappa shape index (κ3) is 4.03. The van der Waals surface area contributed by atoms with E-state index in [-0.39, 0.29) is 19.2 Å². The van der Waals surface area contributed by atoms with Gasteiger partial charge in [-0.15, -0.1) is 0 Å². The molecule has 23 heavy (non-hydrogen) atoms. The Morgan fingerprint density at radius 1 is 1.17 bits per heavy atom. The number of hydrogen-bond donors (Lipinski definition) is 2. The molecule has 0 atom stereocenters. The molecule has 2 aromatic carbocycles. The van der Waals surface area contributed by atoms with Crippen molar-refractivity contribution >= 4 is 27.5 Å². The Hall–Kier alpha value is -2.05. The highest BCUT2D eigenvalue weighted by atomic mass is 79.9. The lowest BCUT2D eigenvalue weighted by Gasteiger charge is -2.08. The lowest BCUT2D eigenvalue weighted by Crippen LogP contribution is -2.27. The molecule has 0 fully saturated rings. The summed E-state index contributed by atoms with van der Waals surface area (Å²) < 4.78 is 11.6. The monoisotopic (exact) mass is 376 g/mol. The third-order valence-electron chi connectivity index (χ3n) is 3.51. The minimum absolute atomic E-state index is 0.0819. The summed E-state index contributed by atoms with van der Waals surface area (Å²) in [5.74, 6) is 1.43. The van der Waals surface area contributed by atoms with Gasteiger partial charge in [0.05, 0.1) is 6.54 Å².